The second-order valence-electron chi connectivity index (χ2n) is 16.7. The third kappa shape index (κ3) is 12.6. The van der Waals surface area contributed by atoms with Gasteiger partial charge in [0, 0.05) is 105 Å². The smallest absolute Gasteiger partial charge is 0.268 e. The van der Waals surface area contributed by atoms with Crippen LogP contribution in [0, 0.1) is 11.1 Å². The fourth-order valence-electron chi connectivity index (χ4n) is 8.14. The number of carbonyl (C=O) groups is 1. The van der Waals surface area contributed by atoms with E-state index >= 15 is 0 Å². The van der Waals surface area contributed by atoms with E-state index in [-0.39, 0.29) is 33.5 Å². The van der Waals surface area contributed by atoms with Crippen molar-refractivity contribution in [2.24, 2.45) is 5.92 Å². The maximum atomic E-state index is 13.9. The molecule has 2 aliphatic rings. The van der Waals surface area contributed by atoms with E-state index < -0.39 is 20.7 Å². The molecule has 1 atom stereocenters. The van der Waals surface area contributed by atoms with E-state index in [1.807, 2.05) is 54.6 Å². The number of ether oxygens (including phenoxy) is 4. The number of carbonyl (C=O) groups excluding carboxylic acids is 1. The number of sulfonamides is 1. The molecule has 354 valence electrons. The van der Waals surface area contributed by atoms with Crippen molar-refractivity contribution in [1.29, 1.82) is 0 Å². The summed E-state index contributed by atoms with van der Waals surface area (Å²) in [5.74, 6) is 0.647. The highest BCUT2D eigenvalue weighted by molar-refractivity contribution is 7.90. The SMILES string of the molecule is C[N+]([O-])(O)c1cc(S(=O)(=O)NC(=O)c2ccc(NCCNCc3c(OCCN4CCOCC4)cccc3-c3ccc(Cl)cc3)cc2Oc2ccc3[nH]ccc3c2)ccc1NCC1CCOCC1. The number of hydrogen-bond acceptors (Lipinski definition) is 13. The number of halogens is 1. The van der Waals surface area contributed by atoms with E-state index in [2.05, 4.69) is 36.6 Å². The summed E-state index contributed by atoms with van der Waals surface area (Å²) in [7, 11) is -3.57. The number of H-pyrrole nitrogens is 1. The normalized spacial score (nSPS) is 15.8. The number of nitrogens with zero attached hydrogens (tertiary/aromatic N) is 2. The number of anilines is 2. The second kappa shape index (κ2) is 21.9. The number of aromatic amines is 1. The van der Waals surface area contributed by atoms with Crippen LogP contribution in [-0.4, -0.2) is 109 Å². The molecule has 6 aromatic rings. The fraction of sp³-hybridized carbons (Fsp3) is 0.327. The van der Waals surface area contributed by atoms with Crippen LogP contribution in [0.2, 0.25) is 5.02 Å². The van der Waals surface area contributed by atoms with Crippen LogP contribution in [0.5, 0.6) is 17.2 Å². The molecule has 67 heavy (non-hydrogen) atoms. The van der Waals surface area contributed by atoms with Crippen LogP contribution in [-0.2, 0) is 26.0 Å². The number of quaternary nitrogens is 1. The number of morpholine rings is 1. The summed E-state index contributed by atoms with van der Waals surface area (Å²) in [5.41, 5.74) is 4.57. The first-order chi connectivity index (χ1) is 32.4. The van der Waals surface area contributed by atoms with Gasteiger partial charge in [-0.2, -0.15) is 4.81 Å². The minimum atomic E-state index is -4.55. The van der Waals surface area contributed by atoms with Crippen molar-refractivity contribution in [3.63, 3.8) is 0 Å². The average molecular weight is 955 g/mol. The molecule has 2 saturated heterocycles. The average Bonchev–Trinajstić information content (AvgIpc) is 3.80. The van der Waals surface area contributed by atoms with Crippen molar-refractivity contribution in [1.82, 2.24) is 24.7 Å². The van der Waals surface area contributed by atoms with Gasteiger partial charge in [0.05, 0.1) is 29.4 Å². The Hall–Kier alpha value is -5.73. The number of hydroxylamine groups is 2. The lowest BCUT2D eigenvalue weighted by molar-refractivity contribution is -0.00403. The van der Waals surface area contributed by atoms with E-state index in [9.17, 15) is 23.6 Å². The minimum absolute atomic E-state index is 0.0528. The van der Waals surface area contributed by atoms with Crippen LogP contribution in [0.3, 0.4) is 0 Å². The summed E-state index contributed by atoms with van der Waals surface area (Å²) in [6, 6.07) is 29.6. The number of fused-ring (bicyclic) bond motifs is 1. The molecule has 2 fully saturated rings. The summed E-state index contributed by atoms with van der Waals surface area (Å²) in [6.07, 6.45) is 3.47. The Bertz CT molecular complexity index is 2740. The van der Waals surface area contributed by atoms with Crippen molar-refractivity contribution in [3.05, 3.63) is 131 Å². The molecule has 16 nitrogen and oxygen atoms in total. The Kier molecular flexibility index (Phi) is 15.6. The number of hydrogen-bond donors (Lipinski definition) is 6. The standard InChI is InChI=1S/C49H56ClN7O9S/c1-57(59,60)46-31-40(11-14-45(46)54-32-34-16-24-63-25-17-34)67(61,62)55-49(58)42-12-9-38(30-48(42)66-39-10-13-44-36(29-39)15-18-53-44)52-20-19-51-33-43-41(35-5-7-37(50)8-6-35)3-2-4-47(43)65-28-23-56-21-26-64-27-22-56/h2-15,18,29-31,34,51-54,59H,16-17,19-28,32-33H2,1H3,(H,55,58). The van der Waals surface area contributed by atoms with Crippen molar-refractivity contribution in [2.45, 2.75) is 24.3 Å². The quantitative estimate of drug-likeness (QED) is 0.0245. The number of benzene rings is 5. The van der Waals surface area contributed by atoms with E-state index in [1.165, 1.54) is 18.2 Å². The molecule has 2 aliphatic heterocycles. The Morgan fingerprint density at radius 1 is 0.910 bits per heavy atom. The minimum Gasteiger partial charge on any atom is -0.593 e. The van der Waals surface area contributed by atoms with Crippen LogP contribution < -0.4 is 35.0 Å². The monoisotopic (exact) mass is 953 g/mol. The summed E-state index contributed by atoms with van der Waals surface area (Å²) in [5, 5.41) is 35.0. The van der Waals surface area contributed by atoms with Crippen molar-refractivity contribution in [3.8, 4) is 28.4 Å². The molecular weight excluding hydrogens is 898 g/mol. The molecule has 0 aliphatic carbocycles. The van der Waals surface area contributed by atoms with Gasteiger partial charge >= 0.3 is 0 Å². The molecule has 5 aromatic carbocycles. The van der Waals surface area contributed by atoms with E-state index in [4.69, 9.17) is 30.5 Å². The molecule has 18 heteroatoms. The van der Waals surface area contributed by atoms with Gasteiger partial charge in [0.1, 0.15) is 30.9 Å². The Morgan fingerprint density at radius 3 is 2.49 bits per heavy atom. The summed E-state index contributed by atoms with van der Waals surface area (Å²) in [4.78, 5) is 17.2. The maximum absolute atomic E-state index is 13.9. The van der Waals surface area contributed by atoms with Gasteiger partial charge in [0.25, 0.3) is 15.9 Å². The molecule has 0 bridgehead atoms. The van der Waals surface area contributed by atoms with Gasteiger partial charge in [-0.15, -0.1) is 0 Å². The third-order valence-corrected chi connectivity index (χ3v) is 13.4. The van der Waals surface area contributed by atoms with Crippen LogP contribution in [0.1, 0.15) is 28.8 Å². The van der Waals surface area contributed by atoms with Gasteiger partial charge in [0.2, 0.25) is 0 Å². The largest absolute Gasteiger partial charge is 0.593 e. The highest BCUT2D eigenvalue weighted by Crippen LogP contribution is 2.35. The lowest BCUT2D eigenvalue weighted by Crippen LogP contribution is -2.38. The van der Waals surface area contributed by atoms with Crippen LogP contribution in [0.25, 0.3) is 22.0 Å². The summed E-state index contributed by atoms with van der Waals surface area (Å²) >= 11 is 6.24. The summed E-state index contributed by atoms with van der Waals surface area (Å²) < 4.78 is 53.3. The van der Waals surface area contributed by atoms with Crippen molar-refractivity contribution < 1.29 is 37.4 Å². The van der Waals surface area contributed by atoms with Crippen molar-refractivity contribution in [2.75, 3.05) is 90.0 Å². The van der Waals surface area contributed by atoms with Gasteiger partial charge in [-0.25, -0.2) is 18.3 Å². The number of rotatable bonds is 20. The predicted octanol–water partition coefficient (Wildman–Crippen LogP) is 7.97. The molecule has 1 amide bonds. The molecule has 1 aromatic heterocycles. The molecule has 3 heterocycles. The highest BCUT2D eigenvalue weighted by Gasteiger charge is 2.27. The van der Waals surface area contributed by atoms with Crippen LogP contribution in [0.15, 0.2) is 114 Å². The second-order valence-corrected chi connectivity index (χ2v) is 18.8. The van der Waals surface area contributed by atoms with E-state index in [0.717, 1.165) is 92.1 Å². The zero-order chi connectivity index (χ0) is 46.8. The van der Waals surface area contributed by atoms with Gasteiger partial charge in [0.15, 0.2) is 5.69 Å². The molecule has 0 saturated carbocycles. The number of nitrogens with one attached hydrogen (secondary N) is 5. The van der Waals surface area contributed by atoms with E-state index in [0.29, 0.717) is 62.5 Å². The Morgan fingerprint density at radius 2 is 1.70 bits per heavy atom. The molecule has 0 radical (unpaired) electrons. The molecule has 0 spiro atoms. The number of amides is 1. The maximum Gasteiger partial charge on any atom is 0.268 e. The van der Waals surface area contributed by atoms with Crippen LogP contribution in [0.4, 0.5) is 17.1 Å². The first kappa shape index (κ1) is 47.8. The number of aromatic nitrogens is 1. The van der Waals surface area contributed by atoms with Gasteiger partial charge in [-0.05, 0) is 96.6 Å². The lowest BCUT2D eigenvalue weighted by Gasteiger charge is -2.31. The zero-order valence-corrected chi connectivity index (χ0v) is 38.8. The highest BCUT2D eigenvalue weighted by atomic mass is 35.5. The first-order valence-electron chi connectivity index (χ1n) is 22.4. The molecular formula is C49H56ClN7O9S. The fourth-order valence-corrected chi connectivity index (χ4v) is 9.25. The molecule has 1 unspecified atom stereocenters. The van der Waals surface area contributed by atoms with Crippen LogP contribution >= 0.6 is 11.6 Å². The molecule has 6 N–H and O–H groups in total. The lowest BCUT2D eigenvalue weighted by atomic mass is 9.98. The van der Waals surface area contributed by atoms with E-state index in [1.54, 1.807) is 24.4 Å². The Labute approximate surface area is 395 Å². The Balaban J connectivity index is 0.964. The zero-order valence-electron chi connectivity index (χ0n) is 37.3. The summed E-state index contributed by atoms with van der Waals surface area (Å²) in [6.45, 7) is 7.85. The van der Waals surface area contributed by atoms with Gasteiger partial charge in [-0.1, -0.05) is 35.9 Å². The van der Waals surface area contributed by atoms with Gasteiger partial charge < -0.3 is 45.1 Å². The van der Waals surface area contributed by atoms with Crippen molar-refractivity contribution >= 4 is 55.5 Å². The third-order valence-electron chi connectivity index (χ3n) is 11.8. The molecule has 8 rings (SSSR count). The van der Waals surface area contributed by atoms with Gasteiger partial charge in [-0.3, -0.25) is 9.69 Å². The topological polar surface area (TPSA) is 199 Å². The predicted molar refractivity (Wildman–Crippen MR) is 261 cm³/mol. The first-order valence-corrected chi connectivity index (χ1v) is 24.2.